The SMILES string of the molecule is C1=CC2c3ccccc3-c3cc(-c4ccc5sc6ccc7ccccc7c6c5c4)ccc3C2C=C1. The van der Waals surface area contributed by atoms with Crippen LogP contribution in [-0.4, -0.2) is 0 Å². The van der Waals surface area contributed by atoms with Gasteiger partial charge in [-0.25, -0.2) is 0 Å². The van der Waals surface area contributed by atoms with Crippen molar-refractivity contribution in [3.63, 3.8) is 0 Å². The Hall–Kier alpha value is -3.94. The van der Waals surface area contributed by atoms with Crippen molar-refractivity contribution in [2.45, 2.75) is 11.8 Å². The average Bonchev–Trinajstić information content (AvgIpc) is 3.31. The van der Waals surface area contributed by atoms with Gasteiger partial charge in [0.15, 0.2) is 0 Å². The lowest BCUT2D eigenvalue weighted by Crippen LogP contribution is -2.16. The van der Waals surface area contributed by atoms with Gasteiger partial charge in [0.25, 0.3) is 0 Å². The van der Waals surface area contributed by atoms with Crippen molar-refractivity contribution < 1.29 is 0 Å². The van der Waals surface area contributed by atoms with E-state index in [9.17, 15) is 0 Å². The Labute approximate surface area is 208 Å². The van der Waals surface area contributed by atoms with Crippen LogP contribution in [0.2, 0.25) is 0 Å². The molecule has 0 N–H and O–H groups in total. The molecule has 1 heterocycles. The van der Waals surface area contributed by atoms with Crippen molar-refractivity contribution in [2.24, 2.45) is 0 Å². The van der Waals surface area contributed by atoms with E-state index in [2.05, 4.69) is 121 Å². The van der Waals surface area contributed by atoms with E-state index in [0.717, 1.165) is 0 Å². The maximum atomic E-state index is 2.42. The van der Waals surface area contributed by atoms with Gasteiger partial charge in [0.2, 0.25) is 0 Å². The highest BCUT2D eigenvalue weighted by molar-refractivity contribution is 7.26. The Kier molecular flexibility index (Phi) is 4.03. The van der Waals surface area contributed by atoms with Gasteiger partial charge in [-0.05, 0) is 68.4 Å². The van der Waals surface area contributed by atoms with Crippen LogP contribution in [0.1, 0.15) is 23.0 Å². The highest BCUT2D eigenvalue weighted by Gasteiger charge is 2.31. The van der Waals surface area contributed by atoms with Crippen molar-refractivity contribution in [1.82, 2.24) is 0 Å². The monoisotopic (exact) mass is 462 g/mol. The van der Waals surface area contributed by atoms with Crippen molar-refractivity contribution in [1.29, 1.82) is 0 Å². The highest BCUT2D eigenvalue weighted by atomic mass is 32.1. The minimum absolute atomic E-state index is 0.411. The molecule has 6 aromatic rings. The van der Waals surface area contributed by atoms with Crippen LogP contribution >= 0.6 is 11.3 Å². The smallest absolute Gasteiger partial charge is 0.0361 e. The molecule has 0 fully saturated rings. The molecule has 0 saturated carbocycles. The van der Waals surface area contributed by atoms with Crippen LogP contribution in [0.25, 0.3) is 53.2 Å². The molecule has 0 saturated heterocycles. The number of hydrogen-bond donors (Lipinski definition) is 0. The van der Waals surface area contributed by atoms with Gasteiger partial charge in [-0.1, -0.05) is 97.1 Å². The predicted octanol–water partition coefficient (Wildman–Crippen LogP) is 9.85. The summed E-state index contributed by atoms with van der Waals surface area (Å²) in [6.45, 7) is 0. The number of rotatable bonds is 1. The lowest BCUT2D eigenvalue weighted by Gasteiger charge is -2.34. The van der Waals surface area contributed by atoms with Crippen molar-refractivity contribution >= 4 is 42.3 Å². The van der Waals surface area contributed by atoms with Crippen molar-refractivity contribution in [3.8, 4) is 22.3 Å². The van der Waals surface area contributed by atoms with Crippen LogP contribution in [-0.2, 0) is 0 Å². The van der Waals surface area contributed by atoms with E-state index in [1.165, 1.54) is 64.3 Å². The molecule has 0 aliphatic heterocycles. The average molecular weight is 463 g/mol. The van der Waals surface area contributed by atoms with E-state index >= 15 is 0 Å². The third-order valence-electron chi connectivity index (χ3n) is 7.85. The number of benzene rings is 5. The predicted molar refractivity (Wildman–Crippen MR) is 151 cm³/mol. The fraction of sp³-hybridized carbons (Fsp3) is 0.0588. The van der Waals surface area contributed by atoms with Crippen LogP contribution in [0.3, 0.4) is 0 Å². The van der Waals surface area contributed by atoms with Crippen LogP contribution < -0.4 is 0 Å². The molecule has 0 spiro atoms. The van der Waals surface area contributed by atoms with E-state index in [4.69, 9.17) is 0 Å². The summed E-state index contributed by atoms with van der Waals surface area (Å²) in [4.78, 5) is 0. The number of allylic oxidation sites excluding steroid dienone is 4. The fourth-order valence-electron chi connectivity index (χ4n) is 6.22. The summed E-state index contributed by atoms with van der Waals surface area (Å²) < 4.78 is 2.71. The van der Waals surface area contributed by atoms with Gasteiger partial charge in [-0.2, -0.15) is 0 Å². The summed E-state index contributed by atoms with van der Waals surface area (Å²) >= 11 is 1.89. The molecule has 8 rings (SSSR count). The second kappa shape index (κ2) is 7.28. The Balaban J connectivity index is 1.35. The summed E-state index contributed by atoms with van der Waals surface area (Å²) in [7, 11) is 0. The molecule has 0 nitrogen and oxygen atoms in total. The number of thiophene rings is 1. The minimum Gasteiger partial charge on any atom is -0.135 e. The van der Waals surface area contributed by atoms with Crippen molar-refractivity contribution in [3.05, 3.63) is 132 Å². The Morgan fingerprint density at radius 1 is 0.514 bits per heavy atom. The zero-order chi connectivity index (χ0) is 22.9. The van der Waals surface area contributed by atoms with E-state index in [-0.39, 0.29) is 0 Å². The van der Waals surface area contributed by atoms with Crippen LogP contribution in [0.4, 0.5) is 0 Å². The van der Waals surface area contributed by atoms with Gasteiger partial charge in [0.05, 0.1) is 0 Å². The van der Waals surface area contributed by atoms with Crippen molar-refractivity contribution in [2.75, 3.05) is 0 Å². The van der Waals surface area contributed by atoms with E-state index < -0.39 is 0 Å². The van der Waals surface area contributed by atoms with E-state index in [1.807, 2.05) is 11.3 Å². The largest absolute Gasteiger partial charge is 0.135 e. The summed E-state index contributed by atoms with van der Waals surface area (Å²) in [5.41, 5.74) is 8.19. The molecular formula is C34H22S. The standard InChI is InChI=1S/C34H22S/c1-2-8-24-21(7-1)14-18-33-34(24)31-20-23(15-17-32(31)35-33)22-13-16-29-27-11-4-3-9-25(27)26-10-5-6-12-28(26)30(29)19-22/h1-20,25,27H. The third kappa shape index (κ3) is 2.79. The molecular weight excluding hydrogens is 440 g/mol. The first kappa shape index (κ1) is 19.4. The molecule has 0 bridgehead atoms. The number of fused-ring (bicyclic) bond motifs is 11. The molecule has 2 aliphatic rings. The lowest BCUT2D eigenvalue weighted by molar-refractivity contribution is 0.720. The van der Waals surface area contributed by atoms with Gasteiger partial charge < -0.3 is 0 Å². The maximum Gasteiger partial charge on any atom is 0.0361 e. The second-order valence-corrected chi connectivity index (χ2v) is 10.8. The first-order valence-electron chi connectivity index (χ1n) is 12.3. The molecule has 35 heavy (non-hydrogen) atoms. The first-order valence-corrected chi connectivity index (χ1v) is 13.1. The third-order valence-corrected chi connectivity index (χ3v) is 8.99. The Morgan fingerprint density at radius 3 is 2.14 bits per heavy atom. The van der Waals surface area contributed by atoms with Gasteiger partial charge in [-0.15, -0.1) is 11.3 Å². The first-order chi connectivity index (χ1) is 17.3. The highest BCUT2D eigenvalue weighted by Crippen LogP contribution is 2.50. The molecule has 5 aromatic carbocycles. The van der Waals surface area contributed by atoms with Crippen LogP contribution in [0, 0.1) is 0 Å². The Bertz CT molecular complexity index is 1860. The van der Waals surface area contributed by atoms with Gasteiger partial charge in [0, 0.05) is 32.0 Å². The molecule has 1 aromatic heterocycles. The summed E-state index contributed by atoms with van der Waals surface area (Å²) in [5, 5.41) is 5.39. The molecule has 0 amide bonds. The molecule has 2 atom stereocenters. The molecule has 164 valence electrons. The minimum atomic E-state index is 0.411. The quantitative estimate of drug-likeness (QED) is 0.228. The van der Waals surface area contributed by atoms with Gasteiger partial charge in [-0.3, -0.25) is 0 Å². The topological polar surface area (TPSA) is 0 Å². The molecule has 2 unspecified atom stereocenters. The molecule has 0 radical (unpaired) electrons. The van der Waals surface area contributed by atoms with Crippen LogP contribution in [0.15, 0.2) is 121 Å². The molecule has 1 heteroatoms. The summed E-state index contributed by atoms with van der Waals surface area (Å²) in [6.07, 6.45) is 9.13. The van der Waals surface area contributed by atoms with Crippen LogP contribution in [0.5, 0.6) is 0 Å². The van der Waals surface area contributed by atoms with E-state index in [1.54, 1.807) is 0 Å². The Morgan fingerprint density at radius 2 is 1.23 bits per heavy atom. The fourth-order valence-corrected chi connectivity index (χ4v) is 7.32. The normalized spacial score (nSPS) is 18.1. The lowest BCUT2D eigenvalue weighted by atomic mass is 9.69. The molecule has 2 aliphatic carbocycles. The zero-order valence-corrected chi connectivity index (χ0v) is 19.9. The van der Waals surface area contributed by atoms with Gasteiger partial charge in [0.1, 0.15) is 0 Å². The summed E-state index contributed by atoms with van der Waals surface area (Å²) in [6, 6.07) is 36.3. The summed E-state index contributed by atoms with van der Waals surface area (Å²) in [5.74, 6) is 0.838. The zero-order valence-electron chi connectivity index (χ0n) is 19.1. The maximum absolute atomic E-state index is 2.42. The second-order valence-electron chi connectivity index (χ2n) is 9.68. The van der Waals surface area contributed by atoms with E-state index in [0.29, 0.717) is 11.8 Å². The number of hydrogen-bond acceptors (Lipinski definition) is 1. The van der Waals surface area contributed by atoms with Gasteiger partial charge >= 0.3 is 0 Å².